The van der Waals surface area contributed by atoms with Gasteiger partial charge in [-0.2, -0.15) is 23.5 Å². The van der Waals surface area contributed by atoms with Crippen LogP contribution in [0.3, 0.4) is 0 Å². The van der Waals surface area contributed by atoms with Gasteiger partial charge in [-0.15, -0.1) is 11.3 Å². The zero-order valence-electron chi connectivity index (χ0n) is 18.8. The Balaban J connectivity index is 1.51. The number of carbonyl (C=O) groups is 1. The van der Waals surface area contributed by atoms with Crippen molar-refractivity contribution in [2.24, 2.45) is 0 Å². The Morgan fingerprint density at radius 2 is 2.09 bits per heavy atom. The van der Waals surface area contributed by atoms with Gasteiger partial charge in [-0.3, -0.25) is 4.79 Å². The highest BCUT2D eigenvalue weighted by molar-refractivity contribution is 7.16. The van der Waals surface area contributed by atoms with Crippen molar-refractivity contribution in [1.29, 1.82) is 5.26 Å². The topological polar surface area (TPSA) is 92.0 Å². The molecule has 11 heteroatoms. The number of thiophene rings is 1. The van der Waals surface area contributed by atoms with Crippen molar-refractivity contribution < 1.29 is 22.7 Å². The number of anilines is 2. The molecule has 7 nitrogen and oxygen atoms in total. The molecule has 1 amide bonds. The summed E-state index contributed by atoms with van der Waals surface area (Å²) < 4.78 is 48.3. The minimum absolute atomic E-state index is 0.0193. The molecule has 0 bridgehead atoms. The van der Waals surface area contributed by atoms with Crippen molar-refractivity contribution >= 4 is 28.1 Å². The van der Waals surface area contributed by atoms with Gasteiger partial charge in [-0.1, -0.05) is 18.2 Å². The van der Waals surface area contributed by atoms with Crippen molar-refractivity contribution in [2.75, 3.05) is 17.7 Å². The van der Waals surface area contributed by atoms with Gasteiger partial charge in [0.15, 0.2) is 6.04 Å². The quantitative estimate of drug-likeness (QED) is 0.484. The average Bonchev–Trinajstić information content (AvgIpc) is 3.43. The third-order valence-corrected chi connectivity index (χ3v) is 7.71. The summed E-state index contributed by atoms with van der Waals surface area (Å²) in [4.78, 5) is 14.3. The molecule has 1 aliphatic heterocycles. The maximum Gasteiger partial charge on any atom is 0.410 e. The van der Waals surface area contributed by atoms with E-state index < -0.39 is 24.2 Å². The Morgan fingerprint density at radius 3 is 2.83 bits per heavy atom. The van der Waals surface area contributed by atoms with E-state index in [1.807, 2.05) is 0 Å². The van der Waals surface area contributed by atoms with Gasteiger partial charge in [0.25, 0.3) is 5.91 Å². The lowest BCUT2D eigenvalue weighted by Crippen LogP contribution is -2.36. The lowest BCUT2D eigenvalue weighted by atomic mass is 9.95. The molecule has 2 unspecified atom stereocenters. The Morgan fingerprint density at radius 1 is 1.31 bits per heavy atom. The summed E-state index contributed by atoms with van der Waals surface area (Å²) in [5, 5.41) is 19.9. The summed E-state index contributed by atoms with van der Waals surface area (Å²) in [6, 6.07) is 6.36. The number of aromatic nitrogens is 2. The minimum atomic E-state index is -4.57. The third kappa shape index (κ3) is 4.12. The fraction of sp³-hybridized carbons (Fsp3) is 0.375. The fourth-order valence-corrected chi connectivity index (χ4v) is 6.06. The maximum atomic E-state index is 14.0. The molecular formula is C24H22F3N5O2S. The second kappa shape index (κ2) is 8.92. The van der Waals surface area contributed by atoms with Crippen LogP contribution < -0.4 is 15.4 Å². The van der Waals surface area contributed by atoms with Gasteiger partial charge >= 0.3 is 6.18 Å². The second-order valence-electron chi connectivity index (χ2n) is 8.56. The summed E-state index contributed by atoms with van der Waals surface area (Å²) in [5.74, 6) is -0.185. The van der Waals surface area contributed by atoms with E-state index in [-0.39, 0.29) is 17.8 Å². The number of halogens is 3. The van der Waals surface area contributed by atoms with Crippen LogP contribution in [0.1, 0.15) is 63.3 Å². The van der Waals surface area contributed by atoms with Crippen molar-refractivity contribution in [1.82, 2.24) is 9.78 Å². The number of nitrogens with zero attached hydrogens (tertiary/aromatic N) is 3. The molecule has 2 aromatic heterocycles. The SMILES string of the molecule is COc1ccccc1C1CC(C(F)(F)F)n2ncc(C(=O)Nc3sc4c(c3C#N)CCCC4)c2N1. The zero-order chi connectivity index (χ0) is 24.7. The third-order valence-electron chi connectivity index (χ3n) is 6.51. The van der Waals surface area contributed by atoms with E-state index in [0.29, 0.717) is 21.9 Å². The van der Waals surface area contributed by atoms with E-state index in [1.54, 1.807) is 24.3 Å². The number of methoxy groups -OCH3 is 1. The van der Waals surface area contributed by atoms with Gasteiger partial charge in [0.05, 0.1) is 24.9 Å². The van der Waals surface area contributed by atoms with E-state index in [1.165, 1.54) is 18.4 Å². The molecule has 3 heterocycles. The van der Waals surface area contributed by atoms with Crippen LogP contribution in [0, 0.1) is 11.3 Å². The highest BCUT2D eigenvalue weighted by Gasteiger charge is 2.47. The van der Waals surface area contributed by atoms with Crippen LogP contribution in [0.2, 0.25) is 0 Å². The number of para-hydroxylation sites is 1. The first-order valence-electron chi connectivity index (χ1n) is 11.2. The molecule has 3 aromatic rings. The number of nitrogens with one attached hydrogen (secondary N) is 2. The molecule has 0 saturated heterocycles. The van der Waals surface area contributed by atoms with Crippen molar-refractivity contribution in [3.05, 3.63) is 57.6 Å². The molecule has 0 saturated carbocycles. The molecule has 0 radical (unpaired) electrons. The van der Waals surface area contributed by atoms with Gasteiger partial charge in [-0.05, 0) is 37.3 Å². The molecule has 35 heavy (non-hydrogen) atoms. The molecule has 2 aliphatic rings. The standard InChI is InChI=1S/C24H22F3N5O2S/c1-34-18-8-4-2-7-14(18)17-10-20(24(25,26)27)32-21(30-17)16(12-29-32)22(33)31-23-15(11-28)13-6-3-5-9-19(13)35-23/h2,4,7-8,12,17,20,30H,3,5-6,9-10H2,1H3,(H,31,33). The Bertz CT molecular complexity index is 1320. The summed E-state index contributed by atoms with van der Waals surface area (Å²) in [7, 11) is 1.46. The number of carbonyl (C=O) groups excluding carboxylic acids is 1. The lowest BCUT2D eigenvalue weighted by Gasteiger charge is -2.34. The number of nitriles is 1. The first-order chi connectivity index (χ1) is 16.8. The fourth-order valence-electron chi connectivity index (χ4n) is 4.83. The van der Waals surface area contributed by atoms with Crippen LogP contribution >= 0.6 is 11.3 Å². The summed E-state index contributed by atoms with van der Waals surface area (Å²) >= 11 is 1.36. The normalized spacial score (nSPS) is 19.2. The Kier molecular flexibility index (Phi) is 5.92. The number of hydrogen-bond donors (Lipinski definition) is 2. The molecule has 1 aromatic carbocycles. The Hall–Kier alpha value is -3.52. The van der Waals surface area contributed by atoms with E-state index in [0.717, 1.165) is 47.0 Å². The summed E-state index contributed by atoms with van der Waals surface area (Å²) in [5.41, 5.74) is 1.93. The molecule has 2 atom stereocenters. The zero-order valence-corrected chi connectivity index (χ0v) is 19.6. The summed E-state index contributed by atoms with van der Waals surface area (Å²) in [6.07, 6.45) is -0.105. The van der Waals surface area contributed by atoms with Gasteiger partial charge in [0.1, 0.15) is 28.2 Å². The maximum absolute atomic E-state index is 14.0. The van der Waals surface area contributed by atoms with E-state index >= 15 is 0 Å². The molecule has 5 rings (SSSR count). The molecule has 182 valence electrons. The predicted octanol–water partition coefficient (Wildman–Crippen LogP) is 5.62. The number of fused-ring (bicyclic) bond motifs is 2. The highest BCUT2D eigenvalue weighted by atomic mass is 32.1. The monoisotopic (exact) mass is 501 g/mol. The molecular weight excluding hydrogens is 479 g/mol. The van der Waals surface area contributed by atoms with Gasteiger partial charge in [-0.25, -0.2) is 4.68 Å². The van der Waals surface area contributed by atoms with Crippen molar-refractivity contribution in [3.8, 4) is 11.8 Å². The van der Waals surface area contributed by atoms with Gasteiger partial charge in [0.2, 0.25) is 0 Å². The minimum Gasteiger partial charge on any atom is -0.496 e. The van der Waals surface area contributed by atoms with E-state index in [2.05, 4.69) is 21.8 Å². The number of benzene rings is 1. The first-order valence-corrected chi connectivity index (χ1v) is 12.0. The lowest BCUT2D eigenvalue weighted by molar-refractivity contribution is -0.173. The van der Waals surface area contributed by atoms with Gasteiger partial charge in [0, 0.05) is 16.9 Å². The first kappa shape index (κ1) is 23.2. The molecule has 0 spiro atoms. The van der Waals surface area contributed by atoms with Crippen molar-refractivity contribution in [2.45, 2.75) is 50.4 Å². The number of alkyl halides is 3. The molecule has 2 N–H and O–H groups in total. The number of hydrogen-bond acceptors (Lipinski definition) is 6. The molecule has 1 aliphatic carbocycles. The van der Waals surface area contributed by atoms with E-state index in [9.17, 15) is 23.2 Å². The average molecular weight is 502 g/mol. The van der Waals surface area contributed by atoms with Crippen LogP contribution in [0.5, 0.6) is 5.75 Å². The molecule has 0 fully saturated rings. The predicted molar refractivity (Wildman–Crippen MR) is 125 cm³/mol. The highest BCUT2D eigenvalue weighted by Crippen LogP contribution is 2.46. The van der Waals surface area contributed by atoms with Crippen LogP contribution in [0.4, 0.5) is 24.0 Å². The van der Waals surface area contributed by atoms with Crippen LogP contribution in [0.25, 0.3) is 0 Å². The summed E-state index contributed by atoms with van der Waals surface area (Å²) in [6.45, 7) is 0. The Labute approximate surface area is 203 Å². The number of aryl methyl sites for hydroxylation is 1. The number of amides is 1. The smallest absolute Gasteiger partial charge is 0.410 e. The van der Waals surface area contributed by atoms with E-state index in [4.69, 9.17) is 4.74 Å². The van der Waals surface area contributed by atoms with Crippen LogP contribution in [-0.2, 0) is 12.8 Å². The second-order valence-corrected chi connectivity index (χ2v) is 9.67. The van der Waals surface area contributed by atoms with Crippen LogP contribution in [0.15, 0.2) is 30.5 Å². The van der Waals surface area contributed by atoms with Gasteiger partial charge < -0.3 is 15.4 Å². The number of rotatable bonds is 4. The van der Waals surface area contributed by atoms with Crippen molar-refractivity contribution in [3.63, 3.8) is 0 Å². The number of ether oxygens (including phenoxy) is 1. The largest absolute Gasteiger partial charge is 0.496 e. The van der Waals surface area contributed by atoms with Crippen LogP contribution in [-0.4, -0.2) is 29.0 Å².